The monoisotopic (exact) mass is 1450 g/mol. The maximum atomic E-state index is 12.9. The highest BCUT2D eigenvalue weighted by Gasteiger charge is 2.29. The lowest BCUT2D eigenvalue weighted by Gasteiger charge is -2.21. The van der Waals surface area contributed by atoms with Crippen molar-refractivity contribution < 1.29 is 75.8 Å². The fraction of sp³-hybridized carbons (Fsp3) is 0.651. The first-order valence-corrected chi connectivity index (χ1v) is 41.8. The molecule has 0 aromatic carbocycles. The van der Waals surface area contributed by atoms with Crippen molar-refractivity contribution in [1.82, 2.24) is 0 Å². The van der Waals surface area contributed by atoms with E-state index in [0.29, 0.717) is 19.3 Å². The number of hydrogen-bond donors (Lipinski definition) is 4. The van der Waals surface area contributed by atoms with Crippen LogP contribution in [0.2, 0.25) is 0 Å². The minimum absolute atomic E-state index is 0.0862. The van der Waals surface area contributed by atoms with Crippen molar-refractivity contribution in [2.24, 2.45) is 0 Å². The number of unbranched alkanes of at least 4 members (excludes halogenated alkanes) is 23. The van der Waals surface area contributed by atoms with Gasteiger partial charge in [-0.15, -0.1) is 0 Å². The van der Waals surface area contributed by atoms with Gasteiger partial charge in [-0.3, -0.25) is 32.5 Å². The number of phosphoric acid groups is 2. The van der Waals surface area contributed by atoms with E-state index in [2.05, 4.69) is 179 Å². The zero-order valence-electron chi connectivity index (χ0n) is 62.8. The molecule has 5 atom stereocenters. The molecular weight excluding hydrogens is 1310 g/mol. The molecule has 0 aliphatic rings. The fourth-order valence-electron chi connectivity index (χ4n) is 9.85. The summed E-state index contributed by atoms with van der Waals surface area (Å²) in [6.07, 6.45) is 93.0. The van der Waals surface area contributed by atoms with E-state index in [0.717, 1.165) is 186 Å². The van der Waals surface area contributed by atoms with Gasteiger partial charge >= 0.3 is 33.6 Å². The highest BCUT2D eigenvalue weighted by molar-refractivity contribution is 7.47. The van der Waals surface area contributed by atoms with Crippen LogP contribution in [0.1, 0.15) is 290 Å². The molecule has 16 nitrogen and oxygen atoms in total. The highest BCUT2D eigenvalue weighted by atomic mass is 31.2. The van der Waals surface area contributed by atoms with Gasteiger partial charge in [-0.25, -0.2) is 9.13 Å². The average Bonchev–Trinajstić information content (AvgIpc) is 0.946. The van der Waals surface area contributed by atoms with E-state index < -0.39 is 91.5 Å². The quantitative estimate of drug-likeness (QED) is 0.0146. The van der Waals surface area contributed by atoms with Crippen molar-refractivity contribution in [2.75, 3.05) is 39.6 Å². The van der Waals surface area contributed by atoms with Gasteiger partial charge in [0.15, 0.2) is 6.10 Å². The summed E-state index contributed by atoms with van der Waals surface area (Å²) in [5, 5.41) is 20.6. The Labute approximate surface area is 612 Å². The second-order valence-corrected chi connectivity index (χ2v) is 28.3. The molecule has 0 amide bonds. The van der Waals surface area contributed by atoms with Crippen molar-refractivity contribution in [3.05, 3.63) is 158 Å². The molecule has 0 fully saturated rings. The van der Waals surface area contributed by atoms with E-state index in [4.69, 9.17) is 32.3 Å². The van der Waals surface area contributed by atoms with Gasteiger partial charge in [0.2, 0.25) is 0 Å². The molecule has 0 aliphatic carbocycles. The number of rotatable bonds is 72. The predicted octanol–water partition coefficient (Wildman–Crippen LogP) is 22.6. The number of hydrogen-bond acceptors (Lipinski definition) is 14. The zero-order chi connectivity index (χ0) is 73.7. The van der Waals surface area contributed by atoms with Gasteiger partial charge in [-0.05, 0) is 141 Å². The number of carbonyl (C=O) groups excluding carboxylic acids is 3. The van der Waals surface area contributed by atoms with Crippen LogP contribution in [0.25, 0.3) is 0 Å². The van der Waals surface area contributed by atoms with E-state index >= 15 is 0 Å². The third kappa shape index (κ3) is 76.1. The lowest BCUT2D eigenvalue weighted by molar-refractivity contribution is -0.161. The molecule has 0 bridgehead atoms. The van der Waals surface area contributed by atoms with Crippen LogP contribution in [0.5, 0.6) is 0 Å². The second kappa shape index (κ2) is 74.9. The molecular formula is C83H138O16P2. The van der Waals surface area contributed by atoms with Gasteiger partial charge in [-0.2, -0.15) is 0 Å². The Balaban J connectivity index is 4.50. The van der Waals surface area contributed by atoms with Crippen LogP contribution in [0.4, 0.5) is 0 Å². The summed E-state index contributed by atoms with van der Waals surface area (Å²) in [4.78, 5) is 58.5. The van der Waals surface area contributed by atoms with E-state index in [1.807, 2.05) is 0 Å². The Bertz CT molecular complexity index is 2470. The van der Waals surface area contributed by atoms with Crippen LogP contribution in [0.15, 0.2) is 158 Å². The minimum Gasteiger partial charge on any atom is -0.463 e. The van der Waals surface area contributed by atoms with Crippen molar-refractivity contribution in [3.63, 3.8) is 0 Å². The summed E-state index contributed by atoms with van der Waals surface area (Å²) in [7, 11) is -9.80. The maximum Gasteiger partial charge on any atom is 0.472 e. The van der Waals surface area contributed by atoms with Crippen molar-refractivity contribution in [2.45, 2.75) is 309 Å². The summed E-state index contributed by atoms with van der Waals surface area (Å²) in [6, 6.07) is 0. The lowest BCUT2D eigenvalue weighted by Crippen LogP contribution is -2.30. The van der Waals surface area contributed by atoms with E-state index in [1.165, 1.54) is 44.9 Å². The van der Waals surface area contributed by atoms with Crippen LogP contribution in [0.3, 0.4) is 0 Å². The molecule has 0 rings (SSSR count). The number of allylic oxidation sites excluding steroid dienone is 26. The third-order valence-electron chi connectivity index (χ3n) is 15.7. The summed E-state index contributed by atoms with van der Waals surface area (Å²) >= 11 is 0. The Morgan fingerprint density at radius 1 is 0.287 bits per heavy atom. The first-order valence-electron chi connectivity index (χ1n) is 38.8. The molecule has 0 aliphatic heterocycles. The lowest BCUT2D eigenvalue weighted by atomic mass is 10.1. The SMILES string of the molecule is CC/C=C\C/C=C\C/C=C\C/C=C\C/C=C\C/C=C\CCCCCCCCCCCCC(=O)OCC(O)COP(=O)(O)OCC(O)COP(=O)(O)OCC(COC(=O)CCCCCCCC/C=C\C/C=C\C/C=C\C/C=C\C/C=C\C/C=C\CC)OC(=O)CCCCCCC/C=C\CCCC. The normalized spacial score (nSPS) is 14.9. The van der Waals surface area contributed by atoms with E-state index in [-0.39, 0.29) is 19.3 Å². The number of ether oxygens (including phenoxy) is 3. The molecule has 0 aromatic rings. The minimum atomic E-state index is -4.94. The van der Waals surface area contributed by atoms with Crippen LogP contribution >= 0.6 is 15.6 Å². The average molecular weight is 1450 g/mol. The Hall–Kier alpha value is -4.83. The molecule has 0 saturated heterocycles. The highest BCUT2D eigenvalue weighted by Crippen LogP contribution is 2.45. The third-order valence-corrected chi connectivity index (χ3v) is 17.6. The topological polar surface area (TPSA) is 231 Å². The Kier molecular flexibility index (Phi) is 71.3. The molecule has 0 heterocycles. The molecule has 0 aromatic heterocycles. The first-order chi connectivity index (χ1) is 49.2. The summed E-state index contributed by atoms with van der Waals surface area (Å²) in [5.74, 6) is -1.61. The largest absolute Gasteiger partial charge is 0.472 e. The Morgan fingerprint density at radius 3 is 0.842 bits per heavy atom. The predicted molar refractivity (Wildman–Crippen MR) is 417 cm³/mol. The van der Waals surface area contributed by atoms with Gasteiger partial charge < -0.3 is 34.2 Å². The van der Waals surface area contributed by atoms with Crippen molar-refractivity contribution >= 4 is 33.6 Å². The number of aliphatic hydroxyl groups is 2. The Morgan fingerprint density at radius 2 is 0.525 bits per heavy atom. The summed E-state index contributed by atoms with van der Waals surface area (Å²) in [5.41, 5.74) is 0. The first kappa shape index (κ1) is 96.2. The van der Waals surface area contributed by atoms with Gasteiger partial charge in [0.05, 0.1) is 26.4 Å². The van der Waals surface area contributed by atoms with Crippen LogP contribution in [-0.4, -0.2) is 95.9 Å². The molecule has 101 heavy (non-hydrogen) atoms. The number of phosphoric ester groups is 2. The second-order valence-electron chi connectivity index (χ2n) is 25.4. The van der Waals surface area contributed by atoms with Gasteiger partial charge in [0, 0.05) is 19.3 Å². The molecule has 576 valence electrons. The van der Waals surface area contributed by atoms with Gasteiger partial charge in [0.25, 0.3) is 0 Å². The fourth-order valence-corrected chi connectivity index (χ4v) is 11.4. The zero-order valence-corrected chi connectivity index (χ0v) is 64.6. The van der Waals surface area contributed by atoms with E-state index in [9.17, 15) is 43.5 Å². The van der Waals surface area contributed by atoms with Crippen LogP contribution in [-0.2, 0) is 55.8 Å². The molecule has 4 N–H and O–H groups in total. The smallest absolute Gasteiger partial charge is 0.463 e. The maximum absolute atomic E-state index is 12.9. The molecule has 5 unspecified atom stereocenters. The number of esters is 3. The van der Waals surface area contributed by atoms with Crippen molar-refractivity contribution in [3.8, 4) is 0 Å². The molecule has 0 spiro atoms. The number of carbonyl (C=O) groups is 3. The standard InChI is InChI=1S/C83H138O16P2/c1-4-7-10-13-16-19-22-24-26-28-30-32-34-36-37-38-39-41-43-44-46-48-50-52-55-57-60-63-66-69-81(86)93-72-78(84)73-95-100(89,90)96-74-79(85)75-97-101(91,92)98-77-80(99-83(88)71-68-65-62-59-54-21-18-15-12-9-6-3)76-94-82(87)70-67-64-61-58-56-53-51-49-47-45-42-40-35-33-31-29-27-25-23-20-17-14-11-8-5-2/h7-8,10-11,15-20,24-27,30-33,36-37,39-42,47,49,78-80,84-85H,4-6,9,12-14,21-23,28-29,34-35,38,43-46,48,50-77H2,1-3H3,(H,89,90)(H,91,92)/b10-7-,11-8-,18-15-,19-16-,20-17-,26-24-,27-25-,32-30-,33-31-,37-36-,41-39-,42-40-,49-47-. The molecule has 0 saturated carbocycles. The van der Waals surface area contributed by atoms with Crippen molar-refractivity contribution in [1.29, 1.82) is 0 Å². The number of aliphatic hydroxyl groups excluding tert-OH is 2. The van der Waals surface area contributed by atoms with Gasteiger partial charge in [0.1, 0.15) is 25.4 Å². The van der Waals surface area contributed by atoms with E-state index in [1.54, 1.807) is 0 Å². The summed E-state index contributed by atoms with van der Waals surface area (Å²) < 4.78 is 61.0. The molecule has 0 radical (unpaired) electrons. The molecule has 18 heteroatoms. The summed E-state index contributed by atoms with van der Waals surface area (Å²) in [6.45, 7) is 2.36. The van der Waals surface area contributed by atoms with Crippen LogP contribution in [0, 0.1) is 0 Å². The van der Waals surface area contributed by atoms with Gasteiger partial charge in [-0.1, -0.05) is 288 Å². The van der Waals surface area contributed by atoms with Crippen LogP contribution < -0.4 is 0 Å².